The second-order valence-corrected chi connectivity index (χ2v) is 6.21. The zero-order valence-corrected chi connectivity index (χ0v) is 15.5. The minimum atomic E-state index is 0. The summed E-state index contributed by atoms with van der Waals surface area (Å²) in [5.41, 5.74) is 8.21. The predicted molar refractivity (Wildman–Crippen MR) is 100 cm³/mol. The van der Waals surface area contributed by atoms with Crippen molar-refractivity contribution in [1.82, 2.24) is 9.88 Å². The molecule has 1 aromatic carbocycles. The third-order valence-corrected chi connectivity index (χ3v) is 4.34. The molecule has 124 valence electrons. The van der Waals surface area contributed by atoms with Gasteiger partial charge in [-0.1, -0.05) is 44.2 Å². The fraction of sp³-hybridized carbons (Fsp3) is 0.438. The summed E-state index contributed by atoms with van der Waals surface area (Å²) in [5.74, 6) is 0.505. The molecule has 0 saturated heterocycles. The Morgan fingerprint density at radius 3 is 2.36 bits per heavy atom. The van der Waals surface area contributed by atoms with Crippen molar-refractivity contribution in [2.45, 2.75) is 32.9 Å². The molecule has 0 amide bonds. The molecule has 3 nitrogen and oxygen atoms in total. The van der Waals surface area contributed by atoms with Gasteiger partial charge in [0, 0.05) is 37.5 Å². The molecule has 0 aliphatic carbocycles. The molecule has 1 aromatic heterocycles. The van der Waals surface area contributed by atoms with Crippen molar-refractivity contribution in [3.05, 3.63) is 52.0 Å². The fourth-order valence-corrected chi connectivity index (χ4v) is 2.95. The number of thiazole rings is 1. The summed E-state index contributed by atoms with van der Waals surface area (Å²) in [4.78, 5) is 7.07. The zero-order chi connectivity index (χ0) is 14.4. The van der Waals surface area contributed by atoms with E-state index in [1.54, 1.807) is 11.3 Å². The van der Waals surface area contributed by atoms with Crippen LogP contribution in [0.25, 0.3) is 0 Å². The number of hydrogen-bond acceptors (Lipinski definition) is 4. The highest BCUT2D eigenvalue weighted by Crippen LogP contribution is 2.20. The third-order valence-electron chi connectivity index (χ3n) is 3.14. The van der Waals surface area contributed by atoms with Crippen molar-refractivity contribution in [3.8, 4) is 0 Å². The molecule has 1 heterocycles. The van der Waals surface area contributed by atoms with E-state index in [2.05, 4.69) is 48.4 Å². The third kappa shape index (κ3) is 6.63. The maximum absolute atomic E-state index is 5.73. The van der Waals surface area contributed by atoms with Crippen LogP contribution in [-0.2, 0) is 13.1 Å². The van der Waals surface area contributed by atoms with Crippen molar-refractivity contribution >= 4 is 36.2 Å². The first-order valence-electron chi connectivity index (χ1n) is 7.09. The molecule has 2 N–H and O–H groups in total. The van der Waals surface area contributed by atoms with Crippen molar-refractivity contribution in [2.24, 2.45) is 5.73 Å². The summed E-state index contributed by atoms with van der Waals surface area (Å²) in [6.45, 7) is 7.73. The van der Waals surface area contributed by atoms with E-state index in [4.69, 9.17) is 10.7 Å². The van der Waals surface area contributed by atoms with E-state index in [0.717, 1.165) is 25.3 Å². The Hall–Kier alpha value is -0.650. The Kier molecular flexibility index (Phi) is 10.6. The normalized spacial score (nSPS) is 10.4. The highest BCUT2D eigenvalue weighted by atomic mass is 35.5. The van der Waals surface area contributed by atoms with Crippen LogP contribution in [0.2, 0.25) is 0 Å². The first-order valence-corrected chi connectivity index (χ1v) is 7.97. The van der Waals surface area contributed by atoms with Crippen molar-refractivity contribution in [3.63, 3.8) is 0 Å². The van der Waals surface area contributed by atoms with Gasteiger partial charge in [-0.25, -0.2) is 4.98 Å². The monoisotopic (exact) mass is 361 g/mol. The minimum Gasteiger partial charge on any atom is -0.329 e. The van der Waals surface area contributed by atoms with Gasteiger partial charge in [0.2, 0.25) is 0 Å². The lowest BCUT2D eigenvalue weighted by Gasteiger charge is -2.20. The molecule has 0 atom stereocenters. The lowest BCUT2D eigenvalue weighted by molar-refractivity contribution is 0.261. The lowest BCUT2D eigenvalue weighted by atomic mass is 10.2. The smallest absolute Gasteiger partial charge is 0.0954 e. The van der Waals surface area contributed by atoms with E-state index < -0.39 is 0 Å². The van der Waals surface area contributed by atoms with Gasteiger partial charge in [0.15, 0.2) is 0 Å². The number of rotatable bonds is 7. The predicted octanol–water partition coefficient (Wildman–Crippen LogP) is 4.07. The van der Waals surface area contributed by atoms with Crippen LogP contribution in [0.5, 0.6) is 0 Å². The second-order valence-electron chi connectivity index (χ2n) is 5.32. The zero-order valence-electron chi connectivity index (χ0n) is 13.1. The van der Waals surface area contributed by atoms with Crippen LogP contribution >= 0.6 is 36.2 Å². The van der Waals surface area contributed by atoms with E-state index >= 15 is 0 Å². The van der Waals surface area contributed by atoms with Crippen molar-refractivity contribution in [1.29, 1.82) is 0 Å². The van der Waals surface area contributed by atoms with Gasteiger partial charge in [0.25, 0.3) is 0 Å². The maximum Gasteiger partial charge on any atom is 0.0954 e. The maximum atomic E-state index is 5.73. The average molecular weight is 362 g/mol. The van der Waals surface area contributed by atoms with E-state index in [9.17, 15) is 0 Å². The summed E-state index contributed by atoms with van der Waals surface area (Å²) >= 11 is 1.75. The van der Waals surface area contributed by atoms with Gasteiger partial charge in [0.1, 0.15) is 0 Å². The Morgan fingerprint density at radius 1 is 1.14 bits per heavy atom. The SMILES string of the molecule is CC(C)c1nc(CN(CCN)Cc2ccccc2)cs1.Cl.Cl. The number of nitrogens with zero attached hydrogens (tertiary/aromatic N) is 2. The van der Waals surface area contributed by atoms with Crippen LogP contribution in [0, 0.1) is 0 Å². The number of benzene rings is 1. The summed E-state index contributed by atoms with van der Waals surface area (Å²) in [7, 11) is 0. The number of hydrogen-bond donors (Lipinski definition) is 1. The first kappa shape index (κ1) is 21.4. The van der Waals surface area contributed by atoms with Crippen LogP contribution in [0.15, 0.2) is 35.7 Å². The molecule has 0 fully saturated rings. The Labute approximate surface area is 149 Å². The minimum absolute atomic E-state index is 0. The summed E-state index contributed by atoms with van der Waals surface area (Å²) < 4.78 is 0. The number of halogens is 2. The largest absolute Gasteiger partial charge is 0.329 e. The van der Waals surface area contributed by atoms with Crippen LogP contribution < -0.4 is 5.73 Å². The molecule has 2 rings (SSSR count). The van der Waals surface area contributed by atoms with Gasteiger partial charge in [-0.3, -0.25) is 4.90 Å². The van der Waals surface area contributed by atoms with E-state index in [0.29, 0.717) is 12.5 Å². The Bertz CT molecular complexity index is 517. The Morgan fingerprint density at radius 2 is 1.82 bits per heavy atom. The van der Waals surface area contributed by atoms with Crippen molar-refractivity contribution in [2.75, 3.05) is 13.1 Å². The summed E-state index contributed by atoms with van der Waals surface area (Å²) in [6, 6.07) is 10.5. The fourth-order valence-electron chi connectivity index (χ4n) is 2.13. The van der Waals surface area contributed by atoms with E-state index in [-0.39, 0.29) is 24.8 Å². The molecule has 0 bridgehead atoms. The van der Waals surface area contributed by atoms with Gasteiger partial charge in [-0.15, -0.1) is 36.2 Å². The number of nitrogens with two attached hydrogens (primary N) is 1. The highest BCUT2D eigenvalue weighted by Gasteiger charge is 2.10. The van der Waals surface area contributed by atoms with E-state index in [1.165, 1.54) is 10.6 Å². The molecule has 0 unspecified atom stereocenters. The molecule has 0 aliphatic rings. The second kappa shape index (κ2) is 11.0. The molecule has 0 spiro atoms. The van der Waals surface area contributed by atoms with Crippen LogP contribution in [0.1, 0.15) is 36.0 Å². The molecular formula is C16H25Cl2N3S. The van der Waals surface area contributed by atoms with Crippen LogP contribution in [0.3, 0.4) is 0 Å². The summed E-state index contributed by atoms with van der Waals surface area (Å²) in [6.07, 6.45) is 0. The van der Waals surface area contributed by atoms with Gasteiger partial charge < -0.3 is 5.73 Å². The van der Waals surface area contributed by atoms with Gasteiger partial charge in [-0.05, 0) is 5.56 Å². The molecular weight excluding hydrogens is 337 g/mol. The molecule has 2 aromatic rings. The topological polar surface area (TPSA) is 42.2 Å². The van der Waals surface area contributed by atoms with Gasteiger partial charge >= 0.3 is 0 Å². The highest BCUT2D eigenvalue weighted by molar-refractivity contribution is 7.09. The Balaban J connectivity index is 0.00000220. The number of aromatic nitrogens is 1. The molecule has 0 aliphatic heterocycles. The molecule has 0 radical (unpaired) electrons. The van der Waals surface area contributed by atoms with Crippen LogP contribution in [-0.4, -0.2) is 23.0 Å². The molecule has 22 heavy (non-hydrogen) atoms. The standard InChI is InChI=1S/C16H23N3S.2ClH/c1-13(2)16-18-15(12-20-16)11-19(9-8-17)10-14-6-4-3-5-7-14;;/h3-7,12-13H,8-11,17H2,1-2H3;2*1H. The quantitative estimate of drug-likeness (QED) is 0.807. The van der Waals surface area contributed by atoms with Crippen molar-refractivity contribution < 1.29 is 0 Å². The van der Waals surface area contributed by atoms with Crippen LogP contribution in [0.4, 0.5) is 0 Å². The van der Waals surface area contributed by atoms with Gasteiger partial charge in [-0.2, -0.15) is 0 Å². The van der Waals surface area contributed by atoms with E-state index in [1.807, 2.05) is 6.07 Å². The average Bonchev–Trinajstić information content (AvgIpc) is 2.89. The lowest BCUT2D eigenvalue weighted by Crippen LogP contribution is -2.28. The van der Waals surface area contributed by atoms with Gasteiger partial charge in [0.05, 0.1) is 10.7 Å². The first-order chi connectivity index (χ1) is 9.69. The molecule has 0 saturated carbocycles. The summed E-state index contributed by atoms with van der Waals surface area (Å²) in [5, 5.41) is 3.39. The molecule has 6 heteroatoms.